The van der Waals surface area contributed by atoms with Gasteiger partial charge in [-0.15, -0.1) is 0 Å². The second-order valence-corrected chi connectivity index (χ2v) is 7.16. The number of hydrogen-bond acceptors (Lipinski definition) is 5. The molecule has 9 heteroatoms. The summed E-state index contributed by atoms with van der Waals surface area (Å²) in [6.07, 6.45) is 2.71. The largest absolute Gasteiger partial charge is 0.444 e. The predicted octanol–water partition coefficient (Wildman–Crippen LogP) is -0.297. The minimum absolute atomic E-state index is 0.00468. The lowest BCUT2D eigenvalue weighted by Gasteiger charge is -2.34. The molecule has 1 spiro atoms. The number of nitrogens with zero attached hydrogens (tertiary/aromatic N) is 3. The number of imidazole rings is 1. The number of carbonyl (C=O) groups is 3. The number of rotatable bonds is 1. The highest BCUT2D eigenvalue weighted by Gasteiger charge is 2.56. The molecule has 3 rings (SSSR count). The Bertz CT molecular complexity index is 707. The monoisotopic (exact) mass is 335 g/mol. The number of carbonyl (C=O) groups excluding carboxylic acids is 3. The fourth-order valence-electron chi connectivity index (χ4n) is 3.28. The first-order valence-corrected chi connectivity index (χ1v) is 7.74. The molecule has 0 bridgehead atoms. The summed E-state index contributed by atoms with van der Waals surface area (Å²) >= 11 is 0. The van der Waals surface area contributed by atoms with Gasteiger partial charge < -0.3 is 20.4 Å². The Hall–Kier alpha value is -2.58. The lowest BCUT2D eigenvalue weighted by molar-refractivity contribution is -0.131. The van der Waals surface area contributed by atoms with Crippen molar-refractivity contribution in [1.82, 2.24) is 19.8 Å². The molecule has 3 N–H and O–H groups in total. The van der Waals surface area contributed by atoms with Gasteiger partial charge in [-0.3, -0.25) is 14.5 Å². The van der Waals surface area contributed by atoms with Crippen LogP contribution in [0.25, 0.3) is 0 Å². The van der Waals surface area contributed by atoms with Crippen LogP contribution in [0.4, 0.5) is 4.79 Å². The quantitative estimate of drug-likeness (QED) is 0.730. The van der Waals surface area contributed by atoms with Gasteiger partial charge in [-0.1, -0.05) is 0 Å². The average molecular weight is 335 g/mol. The van der Waals surface area contributed by atoms with Crippen molar-refractivity contribution in [3.05, 3.63) is 18.2 Å². The van der Waals surface area contributed by atoms with Crippen molar-refractivity contribution in [2.75, 3.05) is 6.54 Å². The highest BCUT2D eigenvalue weighted by molar-refractivity contribution is 5.92. The average Bonchev–Trinajstić information content (AvgIpc) is 3.07. The van der Waals surface area contributed by atoms with Crippen LogP contribution in [-0.4, -0.2) is 50.5 Å². The normalized spacial score (nSPS) is 26.2. The Morgan fingerprint density at radius 1 is 1.46 bits per heavy atom. The number of primary amides is 1. The SMILES string of the molecule is CC(C)(C)OC(=O)N1C[C@]2(C[C@H]1C(N)=O)C(=O)NCc1nccn12. The van der Waals surface area contributed by atoms with Crippen molar-refractivity contribution >= 4 is 17.9 Å². The van der Waals surface area contributed by atoms with Gasteiger partial charge in [0.2, 0.25) is 11.8 Å². The minimum Gasteiger partial charge on any atom is -0.444 e. The summed E-state index contributed by atoms with van der Waals surface area (Å²) in [7, 11) is 0. The summed E-state index contributed by atoms with van der Waals surface area (Å²) in [6, 6.07) is -0.918. The van der Waals surface area contributed by atoms with Crippen LogP contribution in [0.1, 0.15) is 33.0 Å². The maximum atomic E-state index is 12.6. The number of hydrogen-bond donors (Lipinski definition) is 2. The molecule has 9 nitrogen and oxygen atoms in total. The third kappa shape index (κ3) is 2.49. The maximum absolute atomic E-state index is 12.6. The zero-order chi connectivity index (χ0) is 17.7. The lowest BCUT2D eigenvalue weighted by Crippen LogP contribution is -2.55. The Balaban J connectivity index is 1.98. The summed E-state index contributed by atoms with van der Waals surface area (Å²) in [4.78, 5) is 42.4. The summed E-state index contributed by atoms with van der Waals surface area (Å²) in [5, 5.41) is 2.77. The highest BCUT2D eigenvalue weighted by Crippen LogP contribution is 2.37. The fraction of sp³-hybridized carbons (Fsp3) is 0.600. The molecular weight excluding hydrogens is 314 g/mol. The molecule has 1 fully saturated rings. The predicted molar refractivity (Wildman–Crippen MR) is 82.6 cm³/mol. The molecule has 1 aromatic heterocycles. The molecular formula is C15H21N5O4. The molecule has 2 atom stereocenters. The summed E-state index contributed by atoms with van der Waals surface area (Å²) in [6.45, 7) is 5.51. The van der Waals surface area contributed by atoms with E-state index in [1.165, 1.54) is 4.90 Å². The number of likely N-dealkylation sites (tertiary alicyclic amines) is 1. The molecule has 0 unspecified atom stereocenters. The van der Waals surface area contributed by atoms with E-state index in [9.17, 15) is 14.4 Å². The molecule has 2 aliphatic heterocycles. The van der Waals surface area contributed by atoms with Gasteiger partial charge >= 0.3 is 6.09 Å². The van der Waals surface area contributed by atoms with E-state index in [4.69, 9.17) is 10.5 Å². The summed E-state index contributed by atoms with van der Waals surface area (Å²) in [5.41, 5.74) is 3.66. The van der Waals surface area contributed by atoms with Crippen LogP contribution in [0.3, 0.4) is 0 Å². The van der Waals surface area contributed by atoms with Gasteiger partial charge in [-0.2, -0.15) is 0 Å². The smallest absolute Gasteiger partial charge is 0.411 e. The van der Waals surface area contributed by atoms with Crippen LogP contribution < -0.4 is 11.1 Å². The van der Waals surface area contributed by atoms with Gasteiger partial charge in [0.1, 0.15) is 23.0 Å². The van der Waals surface area contributed by atoms with Gasteiger partial charge in [0.05, 0.1) is 13.1 Å². The minimum atomic E-state index is -1.10. The van der Waals surface area contributed by atoms with E-state index in [0.717, 1.165) is 0 Å². The van der Waals surface area contributed by atoms with Crippen LogP contribution in [0.15, 0.2) is 12.4 Å². The fourth-order valence-corrected chi connectivity index (χ4v) is 3.28. The summed E-state index contributed by atoms with van der Waals surface area (Å²) < 4.78 is 7.09. The van der Waals surface area contributed by atoms with E-state index in [1.54, 1.807) is 37.7 Å². The molecule has 1 aromatic rings. The van der Waals surface area contributed by atoms with E-state index in [2.05, 4.69) is 10.3 Å². The molecule has 0 aliphatic carbocycles. The van der Waals surface area contributed by atoms with Gasteiger partial charge in [0, 0.05) is 18.8 Å². The molecule has 1 saturated heterocycles. The van der Waals surface area contributed by atoms with Gasteiger partial charge in [-0.25, -0.2) is 9.78 Å². The van der Waals surface area contributed by atoms with Gasteiger partial charge in [-0.05, 0) is 20.8 Å². The molecule has 0 aromatic carbocycles. The zero-order valence-electron chi connectivity index (χ0n) is 13.9. The third-order valence-corrected chi connectivity index (χ3v) is 4.30. The molecule has 0 saturated carbocycles. The number of nitrogens with one attached hydrogen (secondary N) is 1. The van der Waals surface area contributed by atoms with Crippen molar-refractivity contribution in [3.63, 3.8) is 0 Å². The highest BCUT2D eigenvalue weighted by atomic mass is 16.6. The number of aromatic nitrogens is 2. The zero-order valence-corrected chi connectivity index (χ0v) is 13.9. The van der Waals surface area contributed by atoms with E-state index in [-0.39, 0.29) is 18.9 Å². The van der Waals surface area contributed by atoms with E-state index >= 15 is 0 Å². The molecule has 0 radical (unpaired) electrons. The lowest BCUT2D eigenvalue weighted by atomic mass is 9.92. The van der Waals surface area contributed by atoms with Crippen LogP contribution in [0.5, 0.6) is 0 Å². The number of amides is 3. The molecule has 3 amide bonds. The first-order valence-electron chi connectivity index (χ1n) is 7.74. The van der Waals surface area contributed by atoms with Crippen molar-refractivity contribution in [3.8, 4) is 0 Å². The Kier molecular flexibility index (Phi) is 3.54. The second-order valence-electron chi connectivity index (χ2n) is 7.16. The van der Waals surface area contributed by atoms with Gasteiger partial charge in [0.15, 0.2) is 0 Å². The first-order chi connectivity index (χ1) is 11.1. The van der Waals surface area contributed by atoms with Crippen LogP contribution in [0, 0.1) is 0 Å². The number of ether oxygens (including phenoxy) is 1. The van der Waals surface area contributed by atoms with Crippen LogP contribution in [0.2, 0.25) is 0 Å². The Labute approximate surface area is 139 Å². The standard InChI is InChI=1S/C15H21N5O4/c1-14(2,3)24-13(23)19-8-15(6-9(19)11(16)21)12(22)18-7-10-17-4-5-20(10)15/h4-5,9H,6-8H2,1-3H3,(H2,16,21)(H,18,22)/t9-,15+/m0/s1. The van der Waals surface area contributed by atoms with E-state index in [0.29, 0.717) is 12.4 Å². The molecule has 130 valence electrons. The van der Waals surface area contributed by atoms with Crippen molar-refractivity contribution in [2.24, 2.45) is 5.73 Å². The van der Waals surface area contributed by atoms with E-state index < -0.39 is 29.2 Å². The van der Waals surface area contributed by atoms with Crippen LogP contribution in [-0.2, 0) is 26.4 Å². The number of fused-ring (bicyclic) bond motifs is 2. The Morgan fingerprint density at radius 3 is 2.79 bits per heavy atom. The topological polar surface area (TPSA) is 120 Å². The van der Waals surface area contributed by atoms with Crippen molar-refractivity contribution in [1.29, 1.82) is 0 Å². The second kappa shape index (κ2) is 5.22. The molecule has 24 heavy (non-hydrogen) atoms. The van der Waals surface area contributed by atoms with Crippen molar-refractivity contribution in [2.45, 2.75) is 50.9 Å². The maximum Gasteiger partial charge on any atom is 0.411 e. The first kappa shape index (κ1) is 16.3. The molecule has 3 heterocycles. The van der Waals surface area contributed by atoms with Gasteiger partial charge in [0.25, 0.3) is 0 Å². The van der Waals surface area contributed by atoms with Crippen LogP contribution >= 0.6 is 0 Å². The molecule has 2 aliphatic rings. The van der Waals surface area contributed by atoms with Crippen molar-refractivity contribution < 1.29 is 19.1 Å². The summed E-state index contributed by atoms with van der Waals surface area (Å²) in [5.74, 6) is -0.257. The Morgan fingerprint density at radius 2 is 2.17 bits per heavy atom. The van der Waals surface area contributed by atoms with E-state index in [1.807, 2.05) is 0 Å². The number of nitrogens with two attached hydrogens (primary N) is 1. The third-order valence-electron chi connectivity index (χ3n) is 4.30.